The van der Waals surface area contributed by atoms with Crippen LogP contribution in [-0.2, 0) is 0 Å². The Morgan fingerprint density at radius 2 is 1.87 bits per heavy atom. The zero-order valence-electron chi connectivity index (χ0n) is 9.57. The van der Waals surface area contributed by atoms with Crippen molar-refractivity contribution in [3.05, 3.63) is 29.8 Å². The van der Waals surface area contributed by atoms with Crippen molar-refractivity contribution in [3.63, 3.8) is 0 Å². The molecule has 1 rings (SSSR count). The number of nitrogens with two attached hydrogens (primary N) is 1. The Bertz CT molecular complexity index is 284. The van der Waals surface area contributed by atoms with Crippen LogP contribution in [0.1, 0.15) is 24.7 Å². The Morgan fingerprint density at radius 1 is 1.27 bits per heavy atom. The van der Waals surface area contributed by atoms with Crippen molar-refractivity contribution in [2.45, 2.75) is 24.3 Å². The summed E-state index contributed by atoms with van der Waals surface area (Å²) in [6.45, 7) is 5.06. The molecular weight excluding hydrogens is 206 g/mol. The summed E-state index contributed by atoms with van der Waals surface area (Å²) in [5.41, 5.74) is 7.05. The lowest BCUT2D eigenvalue weighted by Gasteiger charge is -2.17. The molecule has 0 fully saturated rings. The average molecular weight is 225 g/mol. The van der Waals surface area contributed by atoms with Crippen LogP contribution in [0.4, 0.5) is 0 Å². The van der Waals surface area contributed by atoms with Gasteiger partial charge in [0, 0.05) is 11.8 Å². The van der Waals surface area contributed by atoms with Gasteiger partial charge in [0.2, 0.25) is 0 Å². The lowest BCUT2D eigenvalue weighted by Crippen LogP contribution is -2.11. The van der Waals surface area contributed by atoms with Gasteiger partial charge in [-0.05, 0) is 22.9 Å². The molecular formula is C12H19NOS. The summed E-state index contributed by atoms with van der Waals surface area (Å²) < 4.78 is 5.13. The molecule has 0 bridgehead atoms. The maximum atomic E-state index is 5.77. The number of benzene rings is 1. The fourth-order valence-corrected chi connectivity index (χ4v) is 2.50. The normalized spacial score (nSPS) is 12.9. The van der Waals surface area contributed by atoms with Gasteiger partial charge in [0.25, 0.3) is 0 Å². The van der Waals surface area contributed by atoms with E-state index in [0.717, 1.165) is 5.75 Å². The number of ether oxygens (including phenoxy) is 1. The third-order valence-corrected chi connectivity index (χ3v) is 3.48. The minimum Gasteiger partial charge on any atom is -0.497 e. The number of methoxy groups -OCH3 is 1. The predicted molar refractivity (Wildman–Crippen MR) is 67.5 cm³/mol. The van der Waals surface area contributed by atoms with E-state index in [1.54, 1.807) is 7.11 Å². The summed E-state index contributed by atoms with van der Waals surface area (Å²) in [5.74, 6) is 0.893. The highest BCUT2D eigenvalue weighted by Crippen LogP contribution is 2.31. The fraction of sp³-hybridized carbons (Fsp3) is 0.500. The van der Waals surface area contributed by atoms with Gasteiger partial charge >= 0.3 is 0 Å². The monoisotopic (exact) mass is 225 g/mol. The zero-order valence-corrected chi connectivity index (χ0v) is 10.4. The fourth-order valence-electron chi connectivity index (χ4n) is 1.42. The van der Waals surface area contributed by atoms with E-state index >= 15 is 0 Å². The summed E-state index contributed by atoms with van der Waals surface area (Å²) >= 11 is 1.90. The van der Waals surface area contributed by atoms with Crippen molar-refractivity contribution in [1.82, 2.24) is 0 Å². The molecule has 0 saturated carbocycles. The summed E-state index contributed by atoms with van der Waals surface area (Å²) in [6.07, 6.45) is 0. The molecule has 0 amide bonds. The molecule has 2 nitrogen and oxygen atoms in total. The molecule has 2 N–H and O–H groups in total. The van der Waals surface area contributed by atoms with Crippen molar-refractivity contribution in [1.29, 1.82) is 0 Å². The van der Waals surface area contributed by atoms with E-state index in [1.807, 2.05) is 23.9 Å². The zero-order chi connectivity index (χ0) is 11.3. The van der Waals surface area contributed by atoms with Crippen LogP contribution in [0.5, 0.6) is 5.75 Å². The highest BCUT2D eigenvalue weighted by Gasteiger charge is 2.11. The molecule has 1 unspecified atom stereocenters. The first-order valence-electron chi connectivity index (χ1n) is 5.17. The lowest BCUT2D eigenvalue weighted by atomic mass is 10.1. The van der Waals surface area contributed by atoms with Gasteiger partial charge in [-0.2, -0.15) is 0 Å². The molecule has 1 aromatic rings. The molecule has 0 heterocycles. The highest BCUT2D eigenvalue weighted by atomic mass is 32.2. The van der Waals surface area contributed by atoms with E-state index in [0.29, 0.717) is 17.0 Å². The van der Waals surface area contributed by atoms with Crippen LogP contribution < -0.4 is 10.5 Å². The van der Waals surface area contributed by atoms with E-state index in [2.05, 4.69) is 26.0 Å². The van der Waals surface area contributed by atoms with Crippen LogP contribution in [0.25, 0.3) is 0 Å². The summed E-state index contributed by atoms with van der Waals surface area (Å²) in [7, 11) is 1.68. The average Bonchev–Trinajstić information content (AvgIpc) is 2.26. The van der Waals surface area contributed by atoms with Gasteiger partial charge in [0.05, 0.1) is 7.11 Å². The standard InChI is InChI=1S/C12H19NOS/c1-9(2)15-12(8-13)10-4-6-11(14-3)7-5-10/h4-7,9,12H,8,13H2,1-3H3. The van der Waals surface area contributed by atoms with E-state index < -0.39 is 0 Å². The Labute approximate surface area is 96.2 Å². The number of hydrogen-bond acceptors (Lipinski definition) is 3. The Balaban J connectivity index is 2.74. The molecule has 0 saturated heterocycles. The van der Waals surface area contributed by atoms with Crippen LogP contribution in [-0.4, -0.2) is 18.9 Å². The largest absolute Gasteiger partial charge is 0.497 e. The molecule has 0 aliphatic heterocycles. The van der Waals surface area contributed by atoms with Crippen LogP contribution in [0.2, 0.25) is 0 Å². The minimum atomic E-state index is 0.385. The molecule has 0 spiro atoms. The second kappa shape index (κ2) is 6.03. The quantitative estimate of drug-likeness (QED) is 0.837. The molecule has 0 aliphatic rings. The van der Waals surface area contributed by atoms with Crippen molar-refractivity contribution in [2.24, 2.45) is 5.73 Å². The van der Waals surface area contributed by atoms with Crippen LogP contribution >= 0.6 is 11.8 Å². The summed E-state index contributed by atoms with van der Waals surface area (Å²) in [5, 5.41) is 0.983. The molecule has 1 atom stereocenters. The molecule has 15 heavy (non-hydrogen) atoms. The van der Waals surface area contributed by atoms with E-state index in [9.17, 15) is 0 Å². The van der Waals surface area contributed by atoms with Gasteiger partial charge in [-0.3, -0.25) is 0 Å². The Morgan fingerprint density at radius 3 is 2.27 bits per heavy atom. The molecule has 0 aromatic heterocycles. The number of hydrogen-bond donors (Lipinski definition) is 1. The van der Waals surface area contributed by atoms with Crippen LogP contribution in [0.15, 0.2) is 24.3 Å². The third kappa shape index (κ3) is 3.76. The Hall–Kier alpha value is -0.670. The molecule has 84 valence electrons. The second-order valence-electron chi connectivity index (χ2n) is 3.68. The van der Waals surface area contributed by atoms with Crippen molar-refractivity contribution < 1.29 is 4.74 Å². The first kappa shape index (κ1) is 12.4. The van der Waals surface area contributed by atoms with E-state index in [-0.39, 0.29) is 0 Å². The van der Waals surface area contributed by atoms with Gasteiger partial charge in [0.1, 0.15) is 5.75 Å². The molecule has 0 aliphatic carbocycles. The van der Waals surface area contributed by atoms with E-state index in [4.69, 9.17) is 10.5 Å². The van der Waals surface area contributed by atoms with Gasteiger partial charge < -0.3 is 10.5 Å². The number of rotatable bonds is 5. The van der Waals surface area contributed by atoms with Gasteiger partial charge in [-0.25, -0.2) is 0 Å². The SMILES string of the molecule is COc1ccc(C(CN)SC(C)C)cc1. The first-order chi connectivity index (χ1) is 7.17. The van der Waals surface area contributed by atoms with Gasteiger partial charge in [0.15, 0.2) is 0 Å². The summed E-state index contributed by atoms with van der Waals surface area (Å²) in [4.78, 5) is 0. The summed E-state index contributed by atoms with van der Waals surface area (Å²) in [6, 6.07) is 8.15. The molecule has 0 radical (unpaired) electrons. The number of thioether (sulfide) groups is 1. The smallest absolute Gasteiger partial charge is 0.118 e. The lowest BCUT2D eigenvalue weighted by molar-refractivity contribution is 0.414. The van der Waals surface area contributed by atoms with Crippen LogP contribution in [0.3, 0.4) is 0 Å². The topological polar surface area (TPSA) is 35.2 Å². The second-order valence-corrected chi connectivity index (χ2v) is 5.47. The van der Waals surface area contributed by atoms with Crippen molar-refractivity contribution in [2.75, 3.05) is 13.7 Å². The van der Waals surface area contributed by atoms with Gasteiger partial charge in [-0.15, -0.1) is 11.8 Å². The maximum absolute atomic E-state index is 5.77. The predicted octanol–water partition coefficient (Wildman–Crippen LogP) is 2.84. The van der Waals surface area contributed by atoms with E-state index in [1.165, 1.54) is 5.56 Å². The molecule has 1 aromatic carbocycles. The van der Waals surface area contributed by atoms with Crippen LogP contribution in [0, 0.1) is 0 Å². The molecule has 3 heteroatoms. The van der Waals surface area contributed by atoms with Crippen molar-refractivity contribution >= 4 is 11.8 Å². The maximum Gasteiger partial charge on any atom is 0.118 e. The Kier molecular flexibility index (Phi) is 4.99. The van der Waals surface area contributed by atoms with Gasteiger partial charge in [-0.1, -0.05) is 26.0 Å². The van der Waals surface area contributed by atoms with Crippen molar-refractivity contribution in [3.8, 4) is 5.75 Å². The highest BCUT2D eigenvalue weighted by molar-refractivity contribution is 8.00. The minimum absolute atomic E-state index is 0.385. The third-order valence-electron chi connectivity index (χ3n) is 2.14. The first-order valence-corrected chi connectivity index (χ1v) is 6.11.